The molecule has 0 radical (unpaired) electrons. The molecule has 2 aromatic carbocycles. The zero-order valence-corrected chi connectivity index (χ0v) is 12.5. The molecule has 0 bridgehead atoms. The van der Waals surface area contributed by atoms with Crippen LogP contribution in [0.2, 0.25) is 0 Å². The van der Waals surface area contributed by atoms with Gasteiger partial charge in [-0.25, -0.2) is 4.79 Å². The summed E-state index contributed by atoms with van der Waals surface area (Å²) < 4.78 is 10.4. The molecule has 5 nitrogen and oxygen atoms in total. The van der Waals surface area contributed by atoms with Gasteiger partial charge in [0.25, 0.3) is 5.91 Å². The minimum absolute atomic E-state index is 0.0800. The van der Waals surface area contributed by atoms with Crippen molar-refractivity contribution in [2.45, 2.75) is 13.3 Å². The molecule has 0 unspecified atom stereocenters. The number of ether oxygens (including phenoxy) is 2. The third-order valence-electron chi connectivity index (χ3n) is 3.25. The molecule has 0 saturated carbocycles. The number of amides is 1. The maximum atomic E-state index is 12.2. The van der Waals surface area contributed by atoms with Crippen LogP contribution in [0.1, 0.15) is 33.2 Å². The van der Waals surface area contributed by atoms with Gasteiger partial charge in [-0.1, -0.05) is 19.1 Å². The average molecular weight is 299 g/mol. The van der Waals surface area contributed by atoms with Crippen LogP contribution in [-0.2, 0) is 6.42 Å². The van der Waals surface area contributed by atoms with E-state index in [4.69, 9.17) is 15.2 Å². The number of hydrogen-bond acceptors (Lipinski definition) is 4. The van der Waals surface area contributed by atoms with Gasteiger partial charge >= 0.3 is 5.97 Å². The molecule has 5 heteroatoms. The van der Waals surface area contributed by atoms with E-state index < -0.39 is 11.9 Å². The highest BCUT2D eigenvalue weighted by atomic mass is 16.5. The Balaban J connectivity index is 2.28. The predicted molar refractivity (Wildman–Crippen MR) is 82.3 cm³/mol. The molecule has 0 aliphatic heterocycles. The molecule has 2 N–H and O–H groups in total. The first kappa shape index (κ1) is 15.6. The van der Waals surface area contributed by atoms with Crippen molar-refractivity contribution in [3.63, 3.8) is 0 Å². The standard InChI is InChI=1S/C17H17NO4/c1-3-11-4-6-12(7-5-11)17(20)22-15-10-13(21-2)8-9-14(15)16(18)19/h4-10H,3H2,1-2H3,(H2,18,19). The van der Waals surface area contributed by atoms with E-state index >= 15 is 0 Å². The molecule has 22 heavy (non-hydrogen) atoms. The summed E-state index contributed by atoms with van der Waals surface area (Å²) in [5.41, 5.74) is 6.93. The number of carbonyl (C=O) groups is 2. The number of rotatable bonds is 5. The van der Waals surface area contributed by atoms with Crippen molar-refractivity contribution in [1.29, 1.82) is 0 Å². The van der Waals surface area contributed by atoms with Crippen molar-refractivity contribution in [3.05, 3.63) is 59.2 Å². The molecule has 2 rings (SSSR count). The van der Waals surface area contributed by atoms with E-state index in [2.05, 4.69) is 0 Å². The maximum Gasteiger partial charge on any atom is 0.343 e. The lowest BCUT2D eigenvalue weighted by atomic mass is 10.1. The zero-order chi connectivity index (χ0) is 16.1. The van der Waals surface area contributed by atoms with Crippen molar-refractivity contribution in [1.82, 2.24) is 0 Å². The largest absolute Gasteiger partial charge is 0.497 e. The lowest BCUT2D eigenvalue weighted by Crippen LogP contribution is -2.16. The Morgan fingerprint density at radius 2 is 1.77 bits per heavy atom. The Bertz CT molecular complexity index is 692. The highest BCUT2D eigenvalue weighted by molar-refractivity contribution is 5.98. The van der Waals surface area contributed by atoms with E-state index in [1.807, 2.05) is 19.1 Å². The van der Waals surface area contributed by atoms with E-state index in [-0.39, 0.29) is 11.3 Å². The van der Waals surface area contributed by atoms with Gasteiger partial charge in [-0.05, 0) is 36.2 Å². The van der Waals surface area contributed by atoms with Crippen LogP contribution in [0.5, 0.6) is 11.5 Å². The van der Waals surface area contributed by atoms with Gasteiger partial charge in [-0.2, -0.15) is 0 Å². The fraction of sp³-hybridized carbons (Fsp3) is 0.176. The number of carbonyl (C=O) groups excluding carboxylic acids is 2. The summed E-state index contributed by atoms with van der Waals surface area (Å²) in [5.74, 6) is -0.685. The number of methoxy groups -OCH3 is 1. The van der Waals surface area contributed by atoms with Gasteiger partial charge in [0.05, 0.1) is 18.2 Å². The van der Waals surface area contributed by atoms with E-state index in [0.717, 1.165) is 12.0 Å². The van der Waals surface area contributed by atoms with Gasteiger partial charge in [0.1, 0.15) is 11.5 Å². The van der Waals surface area contributed by atoms with Crippen LogP contribution in [0, 0.1) is 0 Å². The summed E-state index contributed by atoms with van der Waals surface area (Å²) in [6.07, 6.45) is 0.886. The monoisotopic (exact) mass is 299 g/mol. The molecule has 0 fully saturated rings. The Kier molecular flexibility index (Phi) is 4.78. The van der Waals surface area contributed by atoms with Crippen molar-refractivity contribution in [2.75, 3.05) is 7.11 Å². The third-order valence-corrected chi connectivity index (χ3v) is 3.25. The third kappa shape index (κ3) is 3.44. The van der Waals surface area contributed by atoms with Crippen LogP contribution >= 0.6 is 0 Å². The molecule has 0 aromatic heterocycles. The molecular weight excluding hydrogens is 282 g/mol. The van der Waals surface area contributed by atoms with Crippen LogP contribution in [0.4, 0.5) is 0 Å². The van der Waals surface area contributed by atoms with Crippen molar-refractivity contribution < 1.29 is 19.1 Å². The highest BCUT2D eigenvalue weighted by Gasteiger charge is 2.15. The normalized spacial score (nSPS) is 10.1. The fourth-order valence-electron chi connectivity index (χ4n) is 1.95. The number of esters is 1. The molecule has 0 spiro atoms. The first-order chi connectivity index (χ1) is 10.5. The van der Waals surface area contributed by atoms with Gasteiger partial charge < -0.3 is 15.2 Å². The van der Waals surface area contributed by atoms with Crippen molar-refractivity contribution in [2.24, 2.45) is 5.73 Å². The van der Waals surface area contributed by atoms with Crippen molar-refractivity contribution >= 4 is 11.9 Å². The molecule has 0 atom stereocenters. The topological polar surface area (TPSA) is 78.6 Å². The van der Waals surface area contributed by atoms with Crippen LogP contribution in [0.3, 0.4) is 0 Å². The maximum absolute atomic E-state index is 12.2. The van der Waals surface area contributed by atoms with Crippen molar-refractivity contribution in [3.8, 4) is 11.5 Å². The molecule has 1 amide bonds. The lowest BCUT2D eigenvalue weighted by molar-refractivity contribution is 0.0732. The van der Waals surface area contributed by atoms with Gasteiger partial charge in [0.2, 0.25) is 0 Å². The first-order valence-corrected chi connectivity index (χ1v) is 6.84. The second kappa shape index (κ2) is 6.76. The van der Waals surface area contributed by atoms with E-state index in [1.54, 1.807) is 18.2 Å². The van der Waals surface area contributed by atoms with Gasteiger partial charge in [-0.15, -0.1) is 0 Å². The van der Waals surface area contributed by atoms with Gasteiger partial charge in [0, 0.05) is 6.07 Å². The molecule has 0 heterocycles. The van der Waals surface area contributed by atoms with Crippen LogP contribution in [0.15, 0.2) is 42.5 Å². The highest BCUT2D eigenvalue weighted by Crippen LogP contribution is 2.25. The minimum atomic E-state index is -0.674. The minimum Gasteiger partial charge on any atom is -0.497 e. The number of hydrogen-bond donors (Lipinski definition) is 1. The summed E-state index contributed by atoms with van der Waals surface area (Å²) in [4.78, 5) is 23.6. The van der Waals surface area contributed by atoms with E-state index in [0.29, 0.717) is 11.3 Å². The van der Waals surface area contributed by atoms with E-state index in [1.165, 1.54) is 19.2 Å². The molecule has 0 aliphatic rings. The molecule has 114 valence electrons. The Hall–Kier alpha value is -2.82. The molecule has 2 aromatic rings. The number of benzene rings is 2. The van der Waals surface area contributed by atoms with Gasteiger partial charge in [-0.3, -0.25) is 4.79 Å². The number of primary amides is 1. The lowest BCUT2D eigenvalue weighted by Gasteiger charge is -2.10. The van der Waals surface area contributed by atoms with Crippen LogP contribution < -0.4 is 15.2 Å². The second-order valence-electron chi connectivity index (χ2n) is 4.67. The summed E-state index contributed by atoms with van der Waals surface area (Å²) in [7, 11) is 1.48. The quantitative estimate of drug-likeness (QED) is 0.680. The second-order valence-corrected chi connectivity index (χ2v) is 4.67. The van der Waals surface area contributed by atoms with Crippen LogP contribution in [-0.4, -0.2) is 19.0 Å². The zero-order valence-electron chi connectivity index (χ0n) is 12.5. The summed E-state index contributed by atoms with van der Waals surface area (Å²) in [6.45, 7) is 2.03. The Morgan fingerprint density at radius 3 is 2.32 bits per heavy atom. The van der Waals surface area contributed by atoms with Gasteiger partial charge in [0.15, 0.2) is 0 Å². The fourth-order valence-corrected chi connectivity index (χ4v) is 1.95. The SMILES string of the molecule is CCc1ccc(C(=O)Oc2cc(OC)ccc2C(N)=O)cc1. The average Bonchev–Trinajstić information content (AvgIpc) is 2.54. The smallest absolute Gasteiger partial charge is 0.343 e. The summed E-state index contributed by atoms with van der Waals surface area (Å²) in [6, 6.07) is 11.6. The Labute approximate surface area is 128 Å². The number of nitrogens with two attached hydrogens (primary N) is 1. The first-order valence-electron chi connectivity index (χ1n) is 6.84. The molecule has 0 saturated heterocycles. The predicted octanol–water partition coefficient (Wildman–Crippen LogP) is 2.58. The van der Waals surface area contributed by atoms with Crippen LogP contribution in [0.25, 0.3) is 0 Å². The van der Waals surface area contributed by atoms with E-state index in [9.17, 15) is 9.59 Å². The molecular formula is C17H17NO4. The number of aryl methyl sites for hydroxylation is 1. The Morgan fingerprint density at radius 1 is 1.09 bits per heavy atom. The summed E-state index contributed by atoms with van der Waals surface area (Å²) >= 11 is 0. The molecule has 0 aliphatic carbocycles. The summed E-state index contributed by atoms with van der Waals surface area (Å²) in [5, 5.41) is 0.